The molecule has 0 aromatic carbocycles. The van der Waals surface area contributed by atoms with Crippen molar-refractivity contribution in [3.8, 4) is 0 Å². The van der Waals surface area contributed by atoms with E-state index < -0.39 is 0 Å². The summed E-state index contributed by atoms with van der Waals surface area (Å²) in [4.78, 5) is 17.8. The summed E-state index contributed by atoms with van der Waals surface area (Å²) < 4.78 is 1.64. The minimum atomic E-state index is 0.00915. The van der Waals surface area contributed by atoms with Gasteiger partial charge in [-0.3, -0.25) is 9.69 Å². The molecule has 0 radical (unpaired) electrons. The van der Waals surface area contributed by atoms with Crippen LogP contribution in [0.5, 0.6) is 0 Å². The van der Waals surface area contributed by atoms with Crippen LogP contribution in [0.25, 0.3) is 0 Å². The van der Waals surface area contributed by atoms with Gasteiger partial charge in [0.25, 0.3) is 0 Å². The number of thioether (sulfide) groups is 1. The molecular formula is C16H24N6OS2. The van der Waals surface area contributed by atoms with E-state index in [4.69, 9.17) is 5.84 Å². The first-order chi connectivity index (χ1) is 12.1. The topological polar surface area (TPSA) is 89.9 Å². The Kier molecular flexibility index (Phi) is 5.95. The number of aromatic nitrogens is 4. The maximum Gasteiger partial charge on any atom is 0.225 e. The van der Waals surface area contributed by atoms with Crippen LogP contribution >= 0.6 is 23.1 Å². The van der Waals surface area contributed by atoms with Crippen LogP contribution in [0.3, 0.4) is 0 Å². The average Bonchev–Trinajstić information content (AvgIpc) is 3.21. The van der Waals surface area contributed by atoms with Crippen molar-refractivity contribution in [1.29, 1.82) is 0 Å². The minimum Gasteiger partial charge on any atom is -0.336 e. The van der Waals surface area contributed by atoms with Gasteiger partial charge in [-0.2, -0.15) is 0 Å². The first kappa shape index (κ1) is 18.2. The van der Waals surface area contributed by atoms with Crippen LogP contribution in [0.1, 0.15) is 63.4 Å². The third-order valence-corrected chi connectivity index (χ3v) is 6.37. The van der Waals surface area contributed by atoms with Crippen molar-refractivity contribution in [2.75, 3.05) is 17.3 Å². The molecule has 1 fully saturated rings. The van der Waals surface area contributed by atoms with E-state index in [-0.39, 0.29) is 5.91 Å². The van der Waals surface area contributed by atoms with Crippen molar-refractivity contribution < 1.29 is 4.79 Å². The van der Waals surface area contributed by atoms with E-state index in [1.54, 1.807) is 16.5 Å². The highest BCUT2D eigenvalue weighted by Crippen LogP contribution is 2.33. The molecule has 25 heavy (non-hydrogen) atoms. The number of hydrogen-bond donors (Lipinski definition) is 1. The van der Waals surface area contributed by atoms with E-state index in [1.165, 1.54) is 42.4 Å². The highest BCUT2D eigenvalue weighted by Gasteiger charge is 2.22. The fourth-order valence-electron chi connectivity index (χ4n) is 3.14. The van der Waals surface area contributed by atoms with Gasteiger partial charge in [0.05, 0.1) is 5.69 Å². The Labute approximate surface area is 156 Å². The molecule has 0 unspecified atom stereocenters. The van der Waals surface area contributed by atoms with Gasteiger partial charge in [0, 0.05) is 30.5 Å². The van der Waals surface area contributed by atoms with Gasteiger partial charge in [0.2, 0.25) is 11.1 Å². The molecule has 3 rings (SSSR count). The number of nitrogens with two attached hydrogens (primary N) is 1. The Morgan fingerprint density at radius 1 is 1.40 bits per heavy atom. The van der Waals surface area contributed by atoms with Crippen LogP contribution in [0.15, 0.2) is 10.5 Å². The summed E-state index contributed by atoms with van der Waals surface area (Å²) in [5.41, 5.74) is 0.923. The Bertz CT molecular complexity index is 722. The molecular weight excluding hydrogens is 356 g/mol. The van der Waals surface area contributed by atoms with E-state index in [0.717, 1.165) is 29.5 Å². The average molecular weight is 381 g/mol. The summed E-state index contributed by atoms with van der Waals surface area (Å²) in [6, 6.07) is 0. The Morgan fingerprint density at radius 3 is 2.84 bits per heavy atom. The second-order valence-corrected chi connectivity index (χ2v) is 8.00. The van der Waals surface area contributed by atoms with Crippen LogP contribution in [0.2, 0.25) is 0 Å². The fourth-order valence-corrected chi connectivity index (χ4v) is 4.94. The van der Waals surface area contributed by atoms with Gasteiger partial charge in [0.15, 0.2) is 11.0 Å². The SMILES string of the molecule is CCN(C(C)=O)c1nc(CSc2nnc(C3CCCCC3)n2N)cs1. The predicted molar refractivity (Wildman–Crippen MR) is 101 cm³/mol. The fraction of sp³-hybridized carbons (Fsp3) is 0.625. The lowest BCUT2D eigenvalue weighted by atomic mass is 9.89. The van der Waals surface area contributed by atoms with Gasteiger partial charge >= 0.3 is 0 Å². The Balaban J connectivity index is 1.63. The molecule has 0 spiro atoms. The molecule has 9 heteroatoms. The molecule has 2 N–H and O–H groups in total. The second-order valence-electron chi connectivity index (χ2n) is 6.22. The third kappa shape index (κ3) is 4.14. The molecule has 2 heterocycles. The van der Waals surface area contributed by atoms with E-state index in [9.17, 15) is 4.79 Å². The summed E-state index contributed by atoms with van der Waals surface area (Å²) in [6.07, 6.45) is 6.08. The molecule has 2 aromatic rings. The van der Waals surface area contributed by atoms with Crippen LogP contribution in [-0.4, -0.2) is 32.3 Å². The molecule has 1 saturated carbocycles. The highest BCUT2D eigenvalue weighted by molar-refractivity contribution is 7.98. The summed E-state index contributed by atoms with van der Waals surface area (Å²) in [6.45, 7) is 4.13. The van der Waals surface area contributed by atoms with Gasteiger partial charge in [0.1, 0.15) is 0 Å². The van der Waals surface area contributed by atoms with Crippen LogP contribution in [-0.2, 0) is 10.5 Å². The largest absolute Gasteiger partial charge is 0.336 e. The van der Waals surface area contributed by atoms with Crippen molar-refractivity contribution in [2.45, 2.75) is 62.8 Å². The molecule has 0 aliphatic heterocycles. The van der Waals surface area contributed by atoms with Crippen LogP contribution < -0.4 is 10.7 Å². The zero-order chi connectivity index (χ0) is 17.8. The molecule has 0 bridgehead atoms. The number of carbonyl (C=O) groups excluding carboxylic acids is 1. The third-order valence-electron chi connectivity index (χ3n) is 4.48. The van der Waals surface area contributed by atoms with Crippen molar-refractivity contribution >= 4 is 34.1 Å². The van der Waals surface area contributed by atoms with E-state index in [0.29, 0.717) is 23.4 Å². The number of carbonyl (C=O) groups is 1. The lowest BCUT2D eigenvalue weighted by Crippen LogP contribution is -2.27. The molecule has 0 atom stereocenters. The molecule has 1 amide bonds. The van der Waals surface area contributed by atoms with Gasteiger partial charge in [-0.15, -0.1) is 21.5 Å². The number of thiazole rings is 1. The smallest absolute Gasteiger partial charge is 0.225 e. The highest BCUT2D eigenvalue weighted by atomic mass is 32.2. The van der Waals surface area contributed by atoms with Gasteiger partial charge in [-0.1, -0.05) is 31.0 Å². The summed E-state index contributed by atoms with van der Waals surface area (Å²) in [7, 11) is 0. The van der Waals surface area contributed by atoms with Crippen molar-refractivity contribution in [1.82, 2.24) is 19.9 Å². The zero-order valence-electron chi connectivity index (χ0n) is 14.6. The number of nitrogen functional groups attached to an aromatic ring is 1. The maximum atomic E-state index is 11.6. The number of anilines is 1. The minimum absolute atomic E-state index is 0.00915. The van der Waals surface area contributed by atoms with Crippen molar-refractivity contribution in [3.05, 3.63) is 16.9 Å². The lowest BCUT2D eigenvalue weighted by molar-refractivity contribution is -0.116. The number of hydrogen-bond acceptors (Lipinski definition) is 7. The summed E-state index contributed by atoms with van der Waals surface area (Å²) >= 11 is 3.02. The molecule has 1 aliphatic carbocycles. The molecule has 7 nitrogen and oxygen atoms in total. The van der Waals surface area contributed by atoms with Gasteiger partial charge < -0.3 is 5.84 Å². The first-order valence-electron chi connectivity index (χ1n) is 8.65. The second kappa shape index (κ2) is 8.18. The summed E-state index contributed by atoms with van der Waals surface area (Å²) in [5.74, 6) is 8.21. The van der Waals surface area contributed by atoms with E-state index in [2.05, 4.69) is 15.2 Å². The van der Waals surface area contributed by atoms with Crippen LogP contribution in [0.4, 0.5) is 5.13 Å². The zero-order valence-corrected chi connectivity index (χ0v) is 16.3. The normalized spacial score (nSPS) is 15.4. The first-order valence-corrected chi connectivity index (χ1v) is 10.5. The van der Waals surface area contributed by atoms with E-state index >= 15 is 0 Å². The molecule has 136 valence electrons. The summed E-state index contributed by atoms with van der Waals surface area (Å²) in [5, 5.41) is 12.0. The molecule has 1 aliphatic rings. The number of amides is 1. The Morgan fingerprint density at radius 2 is 2.16 bits per heavy atom. The number of nitrogens with zero attached hydrogens (tertiary/aromatic N) is 5. The van der Waals surface area contributed by atoms with Gasteiger partial charge in [-0.25, -0.2) is 9.66 Å². The molecule has 2 aromatic heterocycles. The Hall–Kier alpha value is -1.61. The predicted octanol–water partition coefficient (Wildman–Crippen LogP) is 3.16. The van der Waals surface area contributed by atoms with Gasteiger partial charge in [-0.05, 0) is 19.8 Å². The monoisotopic (exact) mass is 380 g/mol. The maximum absolute atomic E-state index is 11.6. The standard InChI is InChI=1S/C16H24N6OS2/c1-3-21(11(2)23)15-18-13(9-24-15)10-25-16-20-19-14(22(16)17)12-7-5-4-6-8-12/h9,12H,3-8,10,17H2,1-2H3. The van der Waals surface area contributed by atoms with Crippen LogP contribution in [0, 0.1) is 0 Å². The van der Waals surface area contributed by atoms with Crippen molar-refractivity contribution in [3.63, 3.8) is 0 Å². The lowest BCUT2D eigenvalue weighted by Gasteiger charge is -2.20. The molecule has 0 saturated heterocycles. The van der Waals surface area contributed by atoms with E-state index in [1.807, 2.05) is 12.3 Å². The number of rotatable bonds is 6. The van der Waals surface area contributed by atoms with Crippen molar-refractivity contribution in [2.24, 2.45) is 0 Å². The quantitative estimate of drug-likeness (QED) is 0.611.